The zero-order valence-electron chi connectivity index (χ0n) is 16.0. The second kappa shape index (κ2) is 8.95. The predicted molar refractivity (Wildman–Crippen MR) is 109 cm³/mol. The molecule has 2 amide bonds. The molecule has 1 aliphatic heterocycles. The third-order valence-electron chi connectivity index (χ3n) is 4.40. The Morgan fingerprint density at radius 3 is 2.63 bits per heavy atom. The molecule has 1 heterocycles. The molecule has 1 unspecified atom stereocenters. The van der Waals surface area contributed by atoms with Crippen molar-refractivity contribution >= 4 is 46.8 Å². The van der Waals surface area contributed by atoms with Crippen LogP contribution in [0.1, 0.15) is 22.3 Å². The van der Waals surface area contributed by atoms with Gasteiger partial charge in [-0.25, -0.2) is 0 Å². The van der Waals surface area contributed by atoms with Crippen LogP contribution in [-0.4, -0.2) is 36.5 Å². The number of hydrogen-bond acceptors (Lipinski definition) is 6. The van der Waals surface area contributed by atoms with E-state index in [0.717, 1.165) is 6.08 Å². The van der Waals surface area contributed by atoms with E-state index in [1.54, 1.807) is 48.5 Å². The number of allylic oxidation sites excluding steroid dienone is 1. The zero-order valence-corrected chi connectivity index (χ0v) is 16.0. The van der Waals surface area contributed by atoms with Crippen LogP contribution < -0.4 is 10.6 Å². The van der Waals surface area contributed by atoms with Crippen LogP contribution >= 0.6 is 0 Å². The maximum Gasteiger partial charge on any atom is 0.315 e. The summed E-state index contributed by atoms with van der Waals surface area (Å²) in [4.78, 5) is 60.3. The van der Waals surface area contributed by atoms with E-state index < -0.39 is 41.7 Å². The number of para-hydroxylation sites is 1. The van der Waals surface area contributed by atoms with Gasteiger partial charge in [0, 0.05) is 11.3 Å². The first kappa shape index (κ1) is 20.7. The van der Waals surface area contributed by atoms with Gasteiger partial charge in [0.25, 0.3) is 0 Å². The molecule has 30 heavy (non-hydrogen) atoms. The fourth-order valence-corrected chi connectivity index (χ4v) is 2.95. The summed E-state index contributed by atoms with van der Waals surface area (Å²) in [5, 5.41) is 5.12. The Balaban J connectivity index is 1.71. The molecular weight excluding hydrogens is 388 g/mol. The molecule has 0 fully saturated rings. The first-order valence-corrected chi connectivity index (χ1v) is 9.02. The van der Waals surface area contributed by atoms with Gasteiger partial charge in [0.1, 0.15) is 6.42 Å². The summed E-state index contributed by atoms with van der Waals surface area (Å²) in [6, 6.07) is 13.0. The molecule has 8 heteroatoms. The fourth-order valence-electron chi connectivity index (χ4n) is 2.95. The number of rotatable bonds is 6. The normalized spacial score (nSPS) is 15.3. The molecule has 1 atom stereocenters. The highest BCUT2D eigenvalue weighted by molar-refractivity contribution is 6.32. The minimum atomic E-state index is -1.45. The number of nitrogens with one attached hydrogen (secondary N) is 2. The van der Waals surface area contributed by atoms with Gasteiger partial charge in [-0.15, -0.1) is 0 Å². The fraction of sp³-hybridized carbons (Fsp3) is 0.136. The van der Waals surface area contributed by atoms with Gasteiger partial charge in [-0.05, 0) is 35.9 Å². The van der Waals surface area contributed by atoms with Crippen LogP contribution in [-0.2, 0) is 23.9 Å². The molecule has 0 spiro atoms. The van der Waals surface area contributed by atoms with E-state index >= 15 is 0 Å². The minimum Gasteiger partial charge on any atom is -0.469 e. The van der Waals surface area contributed by atoms with Gasteiger partial charge >= 0.3 is 5.97 Å². The summed E-state index contributed by atoms with van der Waals surface area (Å²) in [5.41, 5.74) is 1.65. The Hall–Kier alpha value is -4.07. The molecule has 0 radical (unpaired) electrons. The molecule has 0 aliphatic carbocycles. The van der Waals surface area contributed by atoms with Gasteiger partial charge in [-0.1, -0.05) is 30.3 Å². The maximum atomic E-state index is 12.6. The van der Waals surface area contributed by atoms with Crippen molar-refractivity contribution in [3.8, 4) is 0 Å². The molecule has 0 saturated heterocycles. The zero-order chi connectivity index (χ0) is 21.7. The SMILES string of the molecule is COC(=O)CC(=O)Nc1cccc(/C=C/C(=O)C2C(=O)Nc3ccccc3C2=O)c1. The van der Waals surface area contributed by atoms with Crippen molar-refractivity contribution in [2.45, 2.75) is 6.42 Å². The standard InChI is InChI=1S/C22H18N2O6/c1-30-19(27)12-18(26)23-14-6-4-5-13(11-14)9-10-17(25)20-21(28)15-7-2-3-8-16(15)24-22(20)29/h2-11,20H,12H2,1H3,(H,23,26)(H,24,29)/b10-9+. The molecule has 3 rings (SSSR count). The summed E-state index contributed by atoms with van der Waals surface area (Å²) in [6.45, 7) is 0. The number of carbonyl (C=O) groups excluding carboxylic acids is 5. The number of carbonyl (C=O) groups is 5. The van der Waals surface area contributed by atoms with Crippen molar-refractivity contribution in [3.63, 3.8) is 0 Å². The summed E-state index contributed by atoms with van der Waals surface area (Å²) >= 11 is 0. The molecule has 2 aromatic rings. The third-order valence-corrected chi connectivity index (χ3v) is 4.40. The number of hydrogen-bond donors (Lipinski definition) is 2. The number of amides is 2. The van der Waals surface area contributed by atoms with Crippen LogP contribution in [0.4, 0.5) is 11.4 Å². The maximum absolute atomic E-state index is 12.6. The molecule has 1 aliphatic rings. The topological polar surface area (TPSA) is 119 Å². The lowest BCUT2D eigenvalue weighted by Gasteiger charge is -2.21. The first-order valence-electron chi connectivity index (χ1n) is 9.02. The highest BCUT2D eigenvalue weighted by Crippen LogP contribution is 2.26. The lowest BCUT2D eigenvalue weighted by atomic mass is 9.88. The number of esters is 1. The van der Waals surface area contributed by atoms with Crippen molar-refractivity contribution < 1.29 is 28.7 Å². The van der Waals surface area contributed by atoms with E-state index in [1.807, 2.05) is 0 Å². The highest BCUT2D eigenvalue weighted by atomic mass is 16.5. The van der Waals surface area contributed by atoms with Gasteiger partial charge in [0.05, 0.1) is 12.8 Å². The first-order chi connectivity index (χ1) is 14.4. The van der Waals surface area contributed by atoms with E-state index in [9.17, 15) is 24.0 Å². The monoisotopic (exact) mass is 406 g/mol. The van der Waals surface area contributed by atoms with Crippen molar-refractivity contribution in [3.05, 3.63) is 65.7 Å². The van der Waals surface area contributed by atoms with Crippen molar-refractivity contribution in [1.29, 1.82) is 0 Å². The van der Waals surface area contributed by atoms with Crippen LogP contribution in [0.25, 0.3) is 6.08 Å². The Labute approximate surface area is 171 Å². The number of methoxy groups -OCH3 is 1. The lowest BCUT2D eigenvalue weighted by Crippen LogP contribution is -2.39. The lowest BCUT2D eigenvalue weighted by molar-refractivity contribution is -0.142. The third kappa shape index (κ3) is 4.67. The Bertz CT molecular complexity index is 1070. The molecule has 8 nitrogen and oxygen atoms in total. The second-order valence-corrected chi connectivity index (χ2v) is 6.49. The second-order valence-electron chi connectivity index (χ2n) is 6.49. The number of Topliss-reactive ketones (excluding diaryl/α,β-unsaturated/α-hetero) is 1. The van der Waals surface area contributed by atoms with Crippen LogP contribution in [0.15, 0.2) is 54.6 Å². The Morgan fingerprint density at radius 1 is 1.10 bits per heavy atom. The van der Waals surface area contributed by atoms with Gasteiger partial charge in [-0.2, -0.15) is 0 Å². The van der Waals surface area contributed by atoms with E-state index in [-0.39, 0.29) is 0 Å². The van der Waals surface area contributed by atoms with Crippen LogP contribution in [0.3, 0.4) is 0 Å². The smallest absolute Gasteiger partial charge is 0.315 e. The number of anilines is 2. The summed E-state index contributed by atoms with van der Waals surface area (Å²) < 4.78 is 4.44. The van der Waals surface area contributed by atoms with Crippen LogP contribution in [0, 0.1) is 5.92 Å². The summed E-state index contributed by atoms with van der Waals surface area (Å²) in [6.07, 6.45) is 2.18. The molecular formula is C22H18N2O6. The van der Waals surface area contributed by atoms with E-state index in [4.69, 9.17) is 0 Å². The van der Waals surface area contributed by atoms with E-state index in [0.29, 0.717) is 22.5 Å². The number of benzene rings is 2. The van der Waals surface area contributed by atoms with Crippen LogP contribution in [0.2, 0.25) is 0 Å². The van der Waals surface area contributed by atoms with Crippen molar-refractivity contribution in [2.75, 3.05) is 17.7 Å². The number of fused-ring (bicyclic) bond motifs is 1. The van der Waals surface area contributed by atoms with E-state index in [2.05, 4.69) is 15.4 Å². The molecule has 0 aromatic heterocycles. The number of ketones is 2. The van der Waals surface area contributed by atoms with Crippen LogP contribution in [0.5, 0.6) is 0 Å². The molecule has 0 bridgehead atoms. The predicted octanol–water partition coefficient (Wildman–Crippen LogP) is 2.22. The number of ether oxygens (including phenoxy) is 1. The van der Waals surface area contributed by atoms with Gasteiger partial charge in [0.2, 0.25) is 11.8 Å². The van der Waals surface area contributed by atoms with E-state index in [1.165, 1.54) is 13.2 Å². The molecule has 2 N–H and O–H groups in total. The average molecular weight is 406 g/mol. The highest BCUT2D eigenvalue weighted by Gasteiger charge is 2.38. The summed E-state index contributed by atoms with van der Waals surface area (Å²) in [5.74, 6) is -4.51. The Kier molecular flexibility index (Phi) is 6.17. The Morgan fingerprint density at radius 2 is 1.87 bits per heavy atom. The van der Waals surface area contributed by atoms with Crippen molar-refractivity contribution in [2.24, 2.45) is 5.92 Å². The largest absolute Gasteiger partial charge is 0.469 e. The van der Waals surface area contributed by atoms with Gasteiger partial charge in [0.15, 0.2) is 17.5 Å². The molecule has 0 saturated carbocycles. The van der Waals surface area contributed by atoms with Gasteiger partial charge < -0.3 is 15.4 Å². The molecule has 152 valence electrons. The average Bonchev–Trinajstić information content (AvgIpc) is 2.72. The summed E-state index contributed by atoms with van der Waals surface area (Å²) in [7, 11) is 1.19. The van der Waals surface area contributed by atoms with Crippen molar-refractivity contribution in [1.82, 2.24) is 0 Å². The minimum absolute atomic E-state index is 0.291. The van der Waals surface area contributed by atoms with Gasteiger partial charge in [-0.3, -0.25) is 24.0 Å². The molecule has 2 aromatic carbocycles. The quantitative estimate of drug-likeness (QED) is 0.431.